The van der Waals surface area contributed by atoms with Crippen molar-refractivity contribution in [2.75, 3.05) is 11.9 Å². The van der Waals surface area contributed by atoms with Gasteiger partial charge in [0.2, 0.25) is 0 Å². The van der Waals surface area contributed by atoms with Crippen molar-refractivity contribution in [1.29, 1.82) is 0 Å². The van der Waals surface area contributed by atoms with Gasteiger partial charge in [-0.1, -0.05) is 6.07 Å². The zero-order valence-corrected chi connectivity index (χ0v) is 17.7. The Hall–Kier alpha value is -3.89. The van der Waals surface area contributed by atoms with E-state index in [1.807, 2.05) is 0 Å². The van der Waals surface area contributed by atoms with E-state index in [-0.39, 0.29) is 51.9 Å². The van der Waals surface area contributed by atoms with Crippen LogP contribution in [0.15, 0.2) is 42.5 Å². The summed E-state index contributed by atoms with van der Waals surface area (Å²) in [5.74, 6) is -1.16. The van der Waals surface area contributed by atoms with Crippen molar-refractivity contribution in [3.8, 4) is 17.2 Å². The number of amides is 1. The quantitative estimate of drug-likeness (QED) is 0.501. The lowest BCUT2D eigenvalue weighted by atomic mass is 9.94. The van der Waals surface area contributed by atoms with Crippen molar-refractivity contribution in [2.24, 2.45) is 0 Å². The molecule has 2 heterocycles. The number of nitrogens with zero attached hydrogens (tertiary/aromatic N) is 3. The number of Topliss-reactive ketones (excluding diaryl/α,β-unsaturated/α-hetero) is 1. The first-order valence-electron chi connectivity index (χ1n) is 10.4. The van der Waals surface area contributed by atoms with Crippen LogP contribution >= 0.6 is 0 Å². The summed E-state index contributed by atoms with van der Waals surface area (Å²) in [7, 11) is 1.44. The number of ketones is 1. The van der Waals surface area contributed by atoms with E-state index in [4.69, 9.17) is 0 Å². The lowest BCUT2D eigenvalue weighted by molar-refractivity contribution is -0.286. The summed E-state index contributed by atoms with van der Waals surface area (Å²) in [5.41, 5.74) is 0.627. The maximum atomic E-state index is 13.5. The van der Waals surface area contributed by atoms with E-state index in [1.165, 1.54) is 42.3 Å². The molecule has 0 unspecified atom stereocenters. The number of alkyl halides is 4. The SMILES string of the molecule is CN(C(=O)c1cccc(-n2nc(C(F)F)c3c2C(=O)CCC3)c1)c1ccc2c(c1)OC(F)(F)O2. The molecule has 2 aromatic carbocycles. The van der Waals surface area contributed by atoms with Crippen molar-refractivity contribution >= 4 is 17.4 Å². The Morgan fingerprint density at radius 3 is 2.65 bits per heavy atom. The first-order valence-corrected chi connectivity index (χ1v) is 10.4. The minimum Gasteiger partial charge on any atom is -0.395 e. The number of carbonyl (C=O) groups is 2. The fourth-order valence-corrected chi connectivity index (χ4v) is 4.13. The molecule has 0 saturated heterocycles. The fourth-order valence-electron chi connectivity index (χ4n) is 4.13. The number of anilines is 1. The highest BCUT2D eigenvalue weighted by molar-refractivity contribution is 6.06. The van der Waals surface area contributed by atoms with Gasteiger partial charge in [-0.05, 0) is 43.2 Å². The molecule has 1 aliphatic heterocycles. The molecule has 3 aromatic rings. The number of carbonyl (C=O) groups excluding carboxylic acids is 2. The van der Waals surface area contributed by atoms with Gasteiger partial charge in [-0.2, -0.15) is 5.10 Å². The van der Waals surface area contributed by atoms with Crippen molar-refractivity contribution in [3.63, 3.8) is 0 Å². The van der Waals surface area contributed by atoms with E-state index in [2.05, 4.69) is 14.6 Å². The monoisotopic (exact) mass is 475 g/mol. The van der Waals surface area contributed by atoms with Crippen molar-refractivity contribution in [2.45, 2.75) is 32.0 Å². The van der Waals surface area contributed by atoms with Crippen LogP contribution in [0, 0.1) is 0 Å². The van der Waals surface area contributed by atoms with Crippen LogP contribution in [0.3, 0.4) is 0 Å². The summed E-state index contributed by atoms with van der Waals surface area (Å²) in [6.45, 7) is 0. The zero-order valence-electron chi connectivity index (χ0n) is 17.7. The highest BCUT2D eigenvalue weighted by Gasteiger charge is 2.43. The molecule has 0 fully saturated rings. The van der Waals surface area contributed by atoms with Gasteiger partial charge in [-0.3, -0.25) is 9.59 Å². The minimum atomic E-state index is -3.78. The van der Waals surface area contributed by atoms with E-state index >= 15 is 0 Å². The number of rotatable bonds is 4. The van der Waals surface area contributed by atoms with Crippen molar-refractivity contribution < 1.29 is 36.6 Å². The summed E-state index contributed by atoms with van der Waals surface area (Å²) in [4.78, 5) is 26.8. The van der Waals surface area contributed by atoms with Crippen LogP contribution in [0.1, 0.15) is 51.4 Å². The van der Waals surface area contributed by atoms with Gasteiger partial charge in [-0.15, -0.1) is 8.78 Å². The first kappa shape index (κ1) is 21.9. The molecule has 0 radical (unpaired) electrons. The van der Waals surface area contributed by atoms with Crippen LogP contribution < -0.4 is 14.4 Å². The lowest BCUT2D eigenvalue weighted by Crippen LogP contribution is -2.26. The number of hydrogen-bond donors (Lipinski definition) is 0. The van der Waals surface area contributed by atoms with E-state index in [9.17, 15) is 27.2 Å². The Labute approximate surface area is 190 Å². The third-order valence-corrected chi connectivity index (χ3v) is 5.73. The van der Waals surface area contributed by atoms with Crippen LogP contribution in [0.5, 0.6) is 11.5 Å². The van der Waals surface area contributed by atoms with Gasteiger partial charge in [-0.25, -0.2) is 13.5 Å². The molecule has 11 heteroatoms. The molecule has 2 aliphatic rings. The fraction of sp³-hybridized carbons (Fsp3) is 0.261. The Morgan fingerprint density at radius 1 is 1.12 bits per heavy atom. The average Bonchev–Trinajstić information content (AvgIpc) is 3.35. The number of benzene rings is 2. The van der Waals surface area contributed by atoms with Gasteiger partial charge in [0.15, 0.2) is 17.3 Å². The number of ether oxygens (including phenoxy) is 2. The summed E-state index contributed by atoms with van der Waals surface area (Å²) in [5, 5.41) is 3.99. The van der Waals surface area contributed by atoms with Gasteiger partial charge in [0.1, 0.15) is 11.4 Å². The summed E-state index contributed by atoms with van der Waals surface area (Å²) >= 11 is 0. The molecular formula is C23H17F4N3O4. The van der Waals surface area contributed by atoms with Gasteiger partial charge < -0.3 is 14.4 Å². The Bertz CT molecular complexity index is 1320. The number of halogens is 4. The maximum absolute atomic E-state index is 13.5. The molecule has 0 bridgehead atoms. The topological polar surface area (TPSA) is 73.7 Å². The predicted octanol–water partition coefficient (Wildman–Crippen LogP) is 4.93. The third kappa shape index (κ3) is 3.66. The van der Waals surface area contributed by atoms with Crippen LogP contribution in [-0.2, 0) is 6.42 Å². The van der Waals surface area contributed by atoms with Gasteiger partial charge in [0.05, 0.1) is 5.69 Å². The molecule has 176 valence electrons. The number of aromatic nitrogens is 2. The molecule has 5 rings (SSSR count). The van der Waals surface area contributed by atoms with E-state index in [0.29, 0.717) is 12.8 Å². The number of fused-ring (bicyclic) bond motifs is 2. The second kappa shape index (κ2) is 7.86. The molecule has 1 aromatic heterocycles. The molecule has 0 saturated carbocycles. The van der Waals surface area contributed by atoms with Crippen LogP contribution in [0.4, 0.5) is 23.2 Å². The predicted molar refractivity (Wildman–Crippen MR) is 111 cm³/mol. The molecule has 0 N–H and O–H groups in total. The van der Waals surface area contributed by atoms with Crippen LogP contribution in [0.25, 0.3) is 5.69 Å². The van der Waals surface area contributed by atoms with E-state index in [0.717, 1.165) is 4.68 Å². The third-order valence-electron chi connectivity index (χ3n) is 5.73. The average molecular weight is 475 g/mol. The smallest absolute Gasteiger partial charge is 0.395 e. The van der Waals surface area contributed by atoms with Crippen LogP contribution in [0.2, 0.25) is 0 Å². The van der Waals surface area contributed by atoms with Gasteiger partial charge >= 0.3 is 6.29 Å². The second-order valence-electron chi connectivity index (χ2n) is 7.91. The lowest BCUT2D eigenvalue weighted by Gasteiger charge is -2.18. The first-order chi connectivity index (χ1) is 16.1. The number of hydrogen-bond acceptors (Lipinski definition) is 5. The zero-order chi connectivity index (χ0) is 24.2. The van der Waals surface area contributed by atoms with Crippen LogP contribution in [-0.4, -0.2) is 34.8 Å². The van der Waals surface area contributed by atoms with Gasteiger partial charge in [0, 0.05) is 36.3 Å². The van der Waals surface area contributed by atoms with Crippen molar-refractivity contribution in [3.05, 3.63) is 65.0 Å². The van der Waals surface area contributed by atoms with E-state index < -0.39 is 24.3 Å². The van der Waals surface area contributed by atoms with Gasteiger partial charge in [0.25, 0.3) is 12.3 Å². The maximum Gasteiger partial charge on any atom is 0.586 e. The molecule has 1 aliphatic carbocycles. The molecule has 0 atom stereocenters. The Balaban J connectivity index is 1.48. The molecule has 34 heavy (non-hydrogen) atoms. The standard InChI is InChI=1S/C23H17F4N3O4/c1-29(13-8-9-17-18(11-13)34-23(26,27)33-17)22(32)12-4-2-5-14(10-12)30-20-15(6-3-7-16(20)31)19(28-30)21(24)25/h2,4-5,8-11,21H,3,6-7H2,1H3. The molecule has 7 nitrogen and oxygen atoms in total. The minimum absolute atomic E-state index is 0.108. The highest BCUT2D eigenvalue weighted by Crippen LogP contribution is 2.43. The Morgan fingerprint density at radius 2 is 1.88 bits per heavy atom. The summed E-state index contributed by atoms with van der Waals surface area (Å²) in [6, 6.07) is 9.97. The summed E-state index contributed by atoms with van der Waals surface area (Å²) < 4.78 is 63.6. The molecular weight excluding hydrogens is 458 g/mol. The normalized spacial score (nSPS) is 16.0. The Kier molecular flexibility index (Phi) is 5.07. The second-order valence-corrected chi connectivity index (χ2v) is 7.91. The van der Waals surface area contributed by atoms with E-state index in [1.54, 1.807) is 12.1 Å². The summed E-state index contributed by atoms with van der Waals surface area (Å²) in [6.07, 6.45) is -5.59. The molecule has 1 amide bonds. The largest absolute Gasteiger partial charge is 0.586 e. The molecule has 0 spiro atoms. The highest BCUT2D eigenvalue weighted by atomic mass is 19.3. The van der Waals surface area contributed by atoms with Crippen molar-refractivity contribution in [1.82, 2.24) is 9.78 Å².